The summed E-state index contributed by atoms with van der Waals surface area (Å²) in [7, 11) is 0. The van der Waals surface area contributed by atoms with Gasteiger partial charge < -0.3 is 15.7 Å². The Balaban J connectivity index is 0.0000000971. The zero-order valence-electron chi connectivity index (χ0n) is 9.28. The molecule has 0 saturated carbocycles. The van der Waals surface area contributed by atoms with Gasteiger partial charge in [-0.2, -0.15) is 0 Å². The second kappa shape index (κ2) is 4.04. The van der Waals surface area contributed by atoms with Gasteiger partial charge in [-0.1, -0.05) is 0 Å². The normalized spacial score (nSPS) is 50.6. The Morgan fingerprint density at radius 1 is 0.733 bits per heavy atom. The van der Waals surface area contributed by atoms with Gasteiger partial charge in [0.1, 0.15) is 0 Å². The largest absolute Gasteiger partial charge is 0.391 e. The molecule has 0 aromatic rings. The van der Waals surface area contributed by atoms with E-state index in [-0.39, 0.29) is 6.10 Å². The minimum atomic E-state index is -0.0336. The molecule has 86 valence electrons. The number of aliphatic hydroxyl groups excluding tert-OH is 1. The lowest BCUT2D eigenvalue weighted by atomic mass is 9.98. The fraction of sp³-hybridized carbons (Fsp3) is 1.00. The van der Waals surface area contributed by atoms with Crippen molar-refractivity contribution in [1.29, 1.82) is 0 Å². The molecule has 0 aromatic heterocycles. The lowest BCUT2D eigenvalue weighted by Gasteiger charge is -2.12. The van der Waals surface area contributed by atoms with Crippen molar-refractivity contribution in [1.82, 2.24) is 10.6 Å². The number of fused-ring (bicyclic) bond motifs is 4. The maximum Gasteiger partial charge on any atom is 0.0708 e. The van der Waals surface area contributed by atoms with Gasteiger partial charge in [-0.05, 0) is 44.9 Å². The molecule has 4 bridgehead atoms. The van der Waals surface area contributed by atoms with Crippen molar-refractivity contribution in [3.05, 3.63) is 0 Å². The van der Waals surface area contributed by atoms with Crippen LogP contribution in [0.1, 0.15) is 44.9 Å². The van der Waals surface area contributed by atoms with E-state index in [2.05, 4.69) is 10.6 Å². The smallest absolute Gasteiger partial charge is 0.0708 e. The molecule has 4 fully saturated rings. The maximum atomic E-state index is 9.16. The third-order valence-corrected chi connectivity index (χ3v) is 4.46. The number of hydrogen-bond acceptors (Lipinski definition) is 3. The summed E-state index contributed by atoms with van der Waals surface area (Å²) in [5.74, 6) is 0. The van der Waals surface area contributed by atoms with Crippen LogP contribution in [0.4, 0.5) is 0 Å². The molecule has 4 rings (SSSR count). The summed E-state index contributed by atoms with van der Waals surface area (Å²) in [5.41, 5.74) is 0. The molecule has 0 radical (unpaired) electrons. The van der Waals surface area contributed by atoms with Crippen molar-refractivity contribution in [3.63, 3.8) is 0 Å². The van der Waals surface area contributed by atoms with Crippen LogP contribution in [-0.4, -0.2) is 35.4 Å². The van der Waals surface area contributed by atoms with Crippen molar-refractivity contribution >= 4 is 0 Å². The summed E-state index contributed by atoms with van der Waals surface area (Å²) in [6, 6.07) is 2.94. The molecule has 0 amide bonds. The van der Waals surface area contributed by atoms with Crippen LogP contribution < -0.4 is 10.6 Å². The van der Waals surface area contributed by atoms with Crippen LogP contribution in [0.5, 0.6) is 0 Å². The van der Waals surface area contributed by atoms with Crippen LogP contribution in [0.3, 0.4) is 0 Å². The highest BCUT2D eigenvalue weighted by Crippen LogP contribution is 2.28. The van der Waals surface area contributed by atoms with Gasteiger partial charge >= 0.3 is 0 Å². The average molecular weight is 210 g/mol. The van der Waals surface area contributed by atoms with Gasteiger partial charge in [-0.25, -0.2) is 0 Å². The summed E-state index contributed by atoms with van der Waals surface area (Å²) in [5, 5.41) is 16.0. The molecule has 3 heteroatoms. The highest BCUT2D eigenvalue weighted by molar-refractivity contribution is 4.97. The highest BCUT2D eigenvalue weighted by Gasteiger charge is 2.37. The van der Waals surface area contributed by atoms with Gasteiger partial charge in [0.2, 0.25) is 0 Å². The van der Waals surface area contributed by atoms with Crippen LogP contribution in [0, 0.1) is 0 Å². The summed E-state index contributed by atoms with van der Waals surface area (Å²) in [6.07, 6.45) is 9.22. The summed E-state index contributed by atoms with van der Waals surface area (Å²) < 4.78 is 0. The summed E-state index contributed by atoms with van der Waals surface area (Å²) in [6.45, 7) is 0. The van der Waals surface area contributed by atoms with Gasteiger partial charge in [0.15, 0.2) is 0 Å². The Kier molecular flexibility index (Phi) is 2.71. The van der Waals surface area contributed by atoms with E-state index in [1.807, 2.05) is 0 Å². The van der Waals surface area contributed by atoms with Crippen molar-refractivity contribution in [3.8, 4) is 0 Å². The fourth-order valence-corrected chi connectivity index (χ4v) is 3.56. The molecule has 4 saturated heterocycles. The molecule has 4 aliphatic rings. The topological polar surface area (TPSA) is 44.3 Å². The Morgan fingerprint density at radius 3 is 1.53 bits per heavy atom. The van der Waals surface area contributed by atoms with Gasteiger partial charge in [0, 0.05) is 24.2 Å². The van der Waals surface area contributed by atoms with Crippen molar-refractivity contribution in [2.24, 2.45) is 0 Å². The number of nitrogens with one attached hydrogen (secondary N) is 2. The first-order valence-corrected chi connectivity index (χ1v) is 6.51. The van der Waals surface area contributed by atoms with Crippen molar-refractivity contribution in [2.45, 2.75) is 75.2 Å². The predicted molar refractivity (Wildman–Crippen MR) is 59.7 cm³/mol. The molecule has 0 aliphatic carbocycles. The van der Waals surface area contributed by atoms with E-state index in [0.717, 1.165) is 18.5 Å². The fourth-order valence-electron chi connectivity index (χ4n) is 3.56. The molecule has 4 aliphatic heterocycles. The molecule has 0 aromatic carbocycles. The van der Waals surface area contributed by atoms with Gasteiger partial charge in [-0.15, -0.1) is 0 Å². The molecule has 0 spiro atoms. The minimum Gasteiger partial charge on any atom is -0.391 e. The van der Waals surface area contributed by atoms with Gasteiger partial charge in [0.05, 0.1) is 6.10 Å². The van der Waals surface area contributed by atoms with E-state index in [1.54, 1.807) is 0 Å². The van der Waals surface area contributed by atoms with E-state index in [4.69, 9.17) is 5.11 Å². The van der Waals surface area contributed by atoms with Crippen LogP contribution in [0.25, 0.3) is 0 Å². The van der Waals surface area contributed by atoms with Crippen LogP contribution in [-0.2, 0) is 0 Å². The standard InChI is InChI=1S/C6H11NO.C6H11N/c8-6-3-4-1-2-5(6)7-4;1-2-6-4-3-5(1)7-6/h4-8H,1-3H2;5-7H,1-4H2. The molecular formula is C12H22N2O. The number of hydrogen-bond donors (Lipinski definition) is 3. The quantitative estimate of drug-likeness (QED) is 0.553. The van der Waals surface area contributed by atoms with Gasteiger partial charge in [-0.3, -0.25) is 0 Å². The molecular weight excluding hydrogens is 188 g/mol. The monoisotopic (exact) mass is 210 g/mol. The van der Waals surface area contributed by atoms with E-state index < -0.39 is 0 Å². The SMILES string of the molecule is C1CC2CCC1N2.OC1CC2CCC1N2. The maximum absolute atomic E-state index is 9.16. The molecule has 3 unspecified atom stereocenters. The zero-order chi connectivity index (χ0) is 10.3. The Bertz CT molecular complexity index is 214. The van der Waals surface area contributed by atoms with E-state index >= 15 is 0 Å². The highest BCUT2D eigenvalue weighted by atomic mass is 16.3. The van der Waals surface area contributed by atoms with E-state index in [9.17, 15) is 0 Å². The third-order valence-electron chi connectivity index (χ3n) is 4.46. The Labute approximate surface area is 91.6 Å². The number of rotatable bonds is 0. The lowest BCUT2D eigenvalue weighted by molar-refractivity contribution is 0.145. The molecule has 3 nitrogen and oxygen atoms in total. The van der Waals surface area contributed by atoms with Crippen LogP contribution in [0.2, 0.25) is 0 Å². The van der Waals surface area contributed by atoms with Crippen LogP contribution in [0.15, 0.2) is 0 Å². The second-order valence-electron chi connectivity index (χ2n) is 5.57. The second-order valence-corrected chi connectivity index (χ2v) is 5.57. The van der Waals surface area contributed by atoms with E-state index in [1.165, 1.54) is 38.5 Å². The first-order chi connectivity index (χ1) is 7.31. The van der Waals surface area contributed by atoms with Crippen molar-refractivity contribution < 1.29 is 5.11 Å². The van der Waals surface area contributed by atoms with Crippen LogP contribution >= 0.6 is 0 Å². The van der Waals surface area contributed by atoms with E-state index in [0.29, 0.717) is 12.1 Å². The Morgan fingerprint density at radius 2 is 1.33 bits per heavy atom. The predicted octanol–water partition coefficient (Wildman–Crippen LogP) is 0.772. The average Bonchev–Trinajstić information content (AvgIpc) is 2.99. The third kappa shape index (κ3) is 2.05. The number of aliphatic hydroxyl groups is 1. The molecule has 15 heavy (non-hydrogen) atoms. The molecule has 3 N–H and O–H groups in total. The Hall–Kier alpha value is -0.120. The first kappa shape index (κ1) is 10.1. The summed E-state index contributed by atoms with van der Waals surface area (Å²) in [4.78, 5) is 0. The zero-order valence-corrected chi connectivity index (χ0v) is 9.28. The van der Waals surface area contributed by atoms with Gasteiger partial charge in [0.25, 0.3) is 0 Å². The molecule has 4 heterocycles. The lowest BCUT2D eigenvalue weighted by Crippen LogP contribution is -2.26. The first-order valence-electron chi connectivity index (χ1n) is 6.51. The van der Waals surface area contributed by atoms with Crippen molar-refractivity contribution in [2.75, 3.05) is 0 Å². The minimum absolute atomic E-state index is 0.0336. The molecule has 3 atom stereocenters. The summed E-state index contributed by atoms with van der Waals surface area (Å²) >= 11 is 0.